The first kappa shape index (κ1) is 20.3. The van der Waals surface area contributed by atoms with E-state index in [9.17, 15) is 9.90 Å². The van der Waals surface area contributed by atoms with E-state index in [4.69, 9.17) is 4.74 Å². The third kappa shape index (κ3) is 4.95. The monoisotopic (exact) mass is 401 g/mol. The minimum atomic E-state index is -0.848. The number of fused-ring (bicyclic) bond motifs is 1. The maximum absolute atomic E-state index is 12.9. The second-order valence-electron chi connectivity index (χ2n) is 8.32. The summed E-state index contributed by atoms with van der Waals surface area (Å²) in [6, 6.07) is 5.43. The average molecular weight is 402 g/mol. The predicted octanol–water partition coefficient (Wildman–Crippen LogP) is 0.137. The number of nitrogens with zero attached hydrogens (tertiary/aromatic N) is 4. The molecule has 0 spiro atoms. The standard InChI is InChI=1S/C21H31N5O3/c1-24-8-4-21(28,5-9-24)15-26-16-23-19-14-17(2-3-18(19)20(26)27)29-13-12-25-10-6-22-7-11-25/h2-3,14,16,22,28H,4-13,15H2,1H3. The fourth-order valence-electron chi connectivity index (χ4n) is 4.08. The number of likely N-dealkylation sites (tertiary alicyclic amines) is 1. The van der Waals surface area contributed by atoms with Crippen molar-refractivity contribution >= 4 is 10.9 Å². The Hall–Kier alpha value is -2.00. The van der Waals surface area contributed by atoms with Crippen LogP contribution in [0.4, 0.5) is 0 Å². The van der Waals surface area contributed by atoms with Crippen LogP contribution in [-0.2, 0) is 6.54 Å². The minimum absolute atomic E-state index is 0.116. The van der Waals surface area contributed by atoms with Crippen LogP contribution in [0.1, 0.15) is 12.8 Å². The molecule has 8 nitrogen and oxygen atoms in total. The molecule has 29 heavy (non-hydrogen) atoms. The first-order valence-electron chi connectivity index (χ1n) is 10.5. The Morgan fingerprint density at radius 2 is 1.97 bits per heavy atom. The number of benzene rings is 1. The lowest BCUT2D eigenvalue weighted by molar-refractivity contribution is -0.0298. The molecule has 2 saturated heterocycles. The largest absolute Gasteiger partial charge is 0.492 e. The quantitative estimate of drug-likeness (QED) is 0.712. The van der Waals surface area contributed by atoms with Gasteiger partial charge in [-0.1, -0.05) is 0 Å². The molecular formula is C21H31N5O3. The molecule has 0 bridgehead atoms. The molecule has 0 unspecified atom stereocenters. The lowest BCUT2D eigenvalue weighted by Crippen LogP contribution is -2.46. The second kappa shape index (κ2) is 8.79. The Kier molecular flexibility index (Phi) is 6.15. The highest BCUT2D eigenvalue weighted by Crippen LogP contribution is 2.23. The molecule has 8 heteroatoms. The topological polar surface area (TPSA) is 82.9 Å². The van der Waals surface area contributed by atoms with Gasteiger partial charge >= 0.3 is 0 Å². The van der Waals surface area contributed by atoms with Gasteiger partial charge in [-0.15, -0.1) is 0 Å². The van der Waals surface area contributed by atoms with Crippen LogP contribution in [0.15, 0.2) is 29.3 Å². The summed E-state index contributed by atoms with van der Waals surface area (Å²) in [4.78, 5) is 21.9. The number of piperidine rings is 1. The van der Waals surface area contributed by atoms with Crippen molar-refractivity contribution in [1.29, 1.82) is 0 Å². The van der Waals surface area contributed by atoms with Crippen LogP contribution in [0.2, 0.25) is 0 Å². The van der Waals surface area contributed by atoms with Crippen molar-refractivity contribution in [3.63, 3.8) is 0 Å². The van der Waals surface area contributed by atoms with E-state index in [0.29, 0.717) is 30.4 Å². The van der Waals surface area contributed by atoms with E-state index in [1.165, 1.54) is 0 Å². The van der Waals surface area contributed by atoms with Crippen LogP contribution in [0.3, 0.4) is 0 Å². The number of hydrogen-bond donors (Lipinski definition) is 2. The number of rotatable bonds is 6. The fraction of sp³-hybridized carbons (Fsp3) is 0.619. The molecule has 0 aliphatic carbocycles. The third-order valence-corrected chi connectivity index (χ3v) is 6.06. The number of piperazine rings is 1. The Morgan fingerprint density at radius 3 is 2.72 bits per heavy atom. The van der Waals surface area contributed by atoms with Gasteiger partial charge in [-0.25, -0.2) is 4.98 Å². The summed E-state index contributed by atoms with van der Waals surface area (Å²) >= 11 is 0. The van der Waals surface area contributed by atoms with E-state index < -0.39 is 5.60 Å². The van der Waals surface area contributed by atoms with Crippen molar-refractivity contribution in [3.8, 4) is 5.75 Å². The lowest BCUT2D eigenvalue weighted by atomic mass is 9.91. The predicted molar refractivity (Wildman–Crippen MR) is 112 cm³/mol. The summed E-state index contributed by atoms with van der Waals surface area (Å²) in [6.07, 6.45) is 2.87. The maximum Gasteiger partial charge on any atom is 0.261 e. The zero-order valence-corrected chi connectivity index (χ0v) is 17.1. The Bertz CT molecular complexity index is 886. The summed E-state index contributed by atoms with van der Waals surface area (Å²) in [7, 11) is 2.05. The van der Waals surface area contributed by atoms with Crippen molar-refractivity contribution < 1.29 is 9.84 Å². The zero-order chi connectivity index (χ0) is 20.3. The smallest absolute Gasteiger partial charge is 0.261 e. The van der Waals surface area contributed by atoms with Gasteiger partial charge in [-0.05, 0) is 32.0 Å². The van der Waals surface area contributed by atoms with E-state index >= 15 is 0 Å². The zero-order valence-electron chi connectivity index (χ0n) is 17.1. The van der Waals surface area contributed by atoms with Gasteiger partial charge in [0, 0.05) is 51.9 Å². The van der Waals surface area contributed by atoms with Gasteiger partial charge in [0.25, 0.3) is 5.56 Å². The molecular weight excluding hydrogens is 370 g/mol. The summed E-state index contributed by atoms with van der Waals surface area (Å²) < 4.78 is 7.42. The van der Waals surface area contributed by atoms with E-state index in [-0.39, 0.29) is 12.1 Å². The van der Waals surface area contributed by atoms with Crippen molar-refractivity contribution in [3.05, 3.63) is 34.9 Å². The molecule has 3 heterocycles. The summed E-state index contributed by atoms with van der Waals surface area (Å²) in [5.74, 6) is 0.728. The molecule has 0 atom stereocenters. The van der Waals surface area contributed by atoms with Crippen LogP contribution in [0.5, 0.6) is 5.75 Å². The fourth-order valence-corrected chi connectivity index (χ4v) is 4.08. The Labute approximate surface area is 171 Å². The molecule has 2 N–H and O–H groups in total. The van der Waals surface area contributed by atoms with Gasteiger partial charge in [0.2, 0.25) is 0 Å². The van der Waals surface area contributed by atoms with Crippen molar-refractivity contribution in [2.45, 2.75) is 25.0 Å². The Balaban J connectivity index is 1.42. The number of aromatic nitrogens is 2. The SMILES string of the molecule is CN1CCC(O)(Cn2cnc3cc(OCCN4CCNCC4)ccc3c2=O)CC1. The summed E-state index contributed by atoms with van der Waals surface area (Å²) in [6.45, 7) is 7.60. The Morgan fingerprint density at radius 1 is 1.21 bits per heavy atom. The number of hydrogen-bond acceptors (Lipinski definition) is 7. The molecule has 1 aromatic carbocycles. The molecule has 0 amide bonds. The van der Waals surface area contributed by atoms with Gasteiger partial charge in [-0.2, -0.15) is 0 Å². The summed E-state index contributed by atoms with van der Waals surface area (Å²) in [5.41, 5.74) is -0.338. The molecule has 0 radical (unpaired) electrons. The highest BCUT2D eigenvalue weighted by Gasteiger charge is 2.32. The molecule has 158 valence electrons. The highest BCUT2D eigenvalue weighted by atomic mass is 16.5. The van der Waals surface area contributed by atoms with Crippen LogP contribution >= 0.6 is 0 Å². The van der Waals surface area contributed by atoms with Gasteiger partial charge in [0.05, 0.1) is 29.4 Å². The van der Waals surface area contributed by atoms with Gasteiger partial charge in [-0.3, -0.25) is 14.3 Å². The van der Waals surface area contributed by atoms with Gasteiger partial charge in [0.1, 0.15) is 12.4 Å². The van der Waals surface area contributed by atoms with Crippen LogP contribution in [-0.4, -0.2) is 89.5 Å². The number of aliphatic hydroxyl groups is 1. The molecule has 2 aliphatic rings. The number of ether oxygens (including phenoxy) is 1. The second-order valence-corrected chi connectivity index (χ2v) is 8.32. The molecule has 1 aromatic heterocycles. The first-order chi connectivity index (χ1) is 14.0. The van der Waals surface area contributed by atoms with Gasteiger partial charge in [0.15, 0.2) is 0 Å². The maximum atomic E-state index is 12.9. The molecule has 2 aliphatic heterocycles. The highest BCUT2D eigenvalue weighted by molar-refractivity contribution is 5.78. The van der Waals surface area contributed by atoms with Crippen molar-refractivity contribution in [2.75, 3.05) is 59.5 Å². The van der Waals surface area contributed by atoms with Gasteiger partial charge < -0.3 is 20.1 Å². The molecule has 4 rings (SSSR count). The van der Waals surface area contributed by atoms with Crippen LogP contribution in [0.25, 0.3) is 10.9 Å². The third-order valence-electron chi connectivity index (χ3n) is 6.06. The van der Waals surface area contributed by atoms with Crippen molar-refractivity contribution in [2.24, 2.45) is 0 Å². The van der Waals surface area contributed by atoms with E-state index in [1.807, 2.05) is 19.2 Å². The van der Waals surface area contributed by atoms with Crippen LogP contribution < -0.4 is 15.6 Å². The van der Waals surface area contributed by atoms with E-state index in [1.54, 1.807) is 17.0 Å². The average Bonchev–Trinajstić information content (AvgIpc) is 2.73. The first-order valence-corrected chi connectivity index (χ1v) is 10.5. The minimum Gasteiger partial charge on any atom is -0.492 e. The summed E-state index contributed by atoms with van der Waals surface area (Å²) in [5, 5.41) is 14.7. The molecule has 2 aromatic rings. The lowest BCUT2D eigenvalue weighted by Gasteiger charge is -2.36. The molecule has 2 fully saturated rings. The van der Waals surface area contributed by atoms with Crippen molar-refractivity contribution in [1.82, 2.24) is 24.7 Å². The van der Waals surface area contributed by atoms with Crippen LogP contribution in [0, 0.1) is 0 Å². The normalized spacial score (nSPS) is 20.8. The number of nitrogens with one attached hydrogen (secondary N) is 1. The van der Waals surface area contributed by atoms with E-state index in [2.05, 4.69) is 20.1 Å². The molecule has 0 saturated carbocycles. The van der Waals surface area contributed by atoms with E-state index in [0.717, 1.165) is 51.6 Å².